The summed E-state index contributed by atoms with van der Waals surface area (Å²) in [5, 5.41) is 2.91. The number of methoxy groups -OCH3 is 1. The summed E-state index contributed by atoms with van der Waals surface area (Å²) in [6.45, 7) is 2.22. The molecule has 1 aromatic rings. The van der Waals surface area contributed by atoms with E-state index in [1.54, 1.807) is 18.2 Å². The molecule has 0 unspecified atom stereocenters. The Morgan fingerprint density at radius 1 is 1.17 bits per heavy atom. The van der Waals surface area contributed by atoms with Gasteiger partial charge < -0.3 is 10.1 Å². The molecule has 1 fully saturated rings. The second kappa shape index (κ2) is 8.70. The lowest BCUT2D eigenvalue weighted by molar-refractivity contribution is -0.121. The zero-order chi connectivity index (χ0) is 16.7. The lowest BCUT2D eigenvalue weighted by atomic mass is 9.79. The minimum atomic E-state index is -0.427. The molecule has 1 aliphatic carbocycles. The van der Waals surface area contributed by atoms with Crippen LogP contribution in [0.4, 0.5) is 5.69 Å². The van der Waals surface area contributed by atoms with Crippen LogP contribution in [0.3, 0.4) is 0 Å². The van der Waals surface area contributed by atoms with E-state index in [4.69, 9.17) is 4.74 Å². The number of anilines is 1. The van der Waals surface area contributed by atoms with E-state index in [2.05, 4.69) is 12.2 Å². The van der Waals surface area contributed by atoms with Crippen LogP contribution >= 0.6 is 0 Å². The average molecular weight is 317 g/mol. The Balaban J connectivity index is 1.92. The second-order valence-electron chi connectivity index (χ2n) is 6.39. The fourth-order valence-corrected chi connectivity index (χ4v) is 3.32. The summed E-state index contributed by atoms with van der Waals surface area (Å²) in [6, 6.07) is 6.99. The van der Waals surface area contributed by atoms with Crippen molar-refractivity contribution in [1.82, 2.24) is 0 Å². The minimum Gasteiger partial charge on any atom is -0.465 e. The number of hydrogen-bond donors (Lipinski definition) is 1. The molecule has 0 aliphatic heterocycles. The van der Waals surface area contributed by atoms with E-state index >= 15 is 0 Å². The normalized spacial score (nSPS) is 20.8. The molecule has 1 amide bonds. The molecule has 1 N–H and O–H groups in total. The third kappa shape index (κ3) is 4.81. The highest BCUT2D eigenvalue weighted by molar-refractivity contribution is 6.01. The molecule has 0 spiro atoms. The first-order chi connectivity index (χ1) is 11.2. The van der Waals surface area contributed by atoms with Crippen molar-refractivity contribution in [3.8, 4) is 0 Å². The van der Waals surface area contributed by atoms with Gasteiger partial charge in [-0.25, -0.2) is 4.79 Å². The van der Waals surface area contributed by atoms with Crippen molar-refractivity contribution >= 4 is 17.6 Å². The van der Waals surface area contributed by atoms with Gasteiger partial charge in [0.2, 0.25) is 5.91 Å². The quantitative estimate of drug-likeness (QED) is 0.791. The highest BCUT2D eigenvalue weighted by Crippen LogP contribution is 2.32. The Kier molecular flexibility index (Phi) is 6.63. The van der Waals surface area contributed by atoms with Crippen LogP contribution in [0.25, 0.3) is 0 Å². The van der Waals surface area contributed by atoms with E-state index < -0.39 is 5.97 Å². The number of benzene rings is 1. The molecule has 0 aromatic heterocycles. The van der Waals surface area contributed by atoms with Crippen LogP contribution in [-0.4, -0.2) is 19.0 Å². The number of esters is 1. The summed E-state index contributed by atoms with van der Waals surface area (Å²) >= 11 is 0. The van der Waals surface area contributed by atoms with Crippen molar-refractivity contribution < 1.29 is 14.3 Å². The van der Waals surface area contributed by atoms with Crippen LogP contribution in [0, 0.1) is 11.8 Å². The highest BCUT2D eigenvalue weighted by atomic mass is 16.5. The summed E-state index contributed by atoms with van der Waals surface area (Å²) in [6.07, 6.45) is 7.98. The van der Waals surface area contributed by atoms with Crippen LogP contribution in [-0.2, 0) is 9.53 Å². The summed E-state index contributed by atoms with van der Waals surface area (Å²) in [5.74, 6) is 0.430. The Morgan fingerprint density at radius 2 is 1.87 bits per heavy atom. The molecule has 2 rings (SSSR count). The molecule has 0 radical (unpaired) electrons. The molecule has 23 heavy (non-hydrogen) atoms. The maximum atomic E-state index is 12.5. The Morgan fingerprint density at radius 3 is 2.52 bits per heavy atom. The molecule has 4 nitrogen and oxygen atoms in total. The Hall–Kier alpha value is -1.84. The molecule has 1 aromatic carbocycles. The zero-order valence-corrected chi connectivity index (χ0v) is 14.1. The smallest absolute Gasteiger partial charge is 0.339 e. The van der Waals surface area contributed by atoms with Crippen molar-refractivity contribution in [1.29, 1.82) is 0 Å². The SMILES string of the molecule is CCCCC1CCC(C(=O)Nc2ccccc2C(=O)OC)CC1. The van der Waals surface area contributed by atoms with Crippen molar-refractivity contribution in [3.05, 3.63) is 29.8 Å². The van der Waals surface area contributed by atoms with Gasteiger partial charge in [0.15, 0.2) is 0 Å². The van der Waals surface area contributed by atoms with Crippen molar-refractivity contribution in [2.24, 2.45) is 11.8 Å². The van der Waals surface area contributed by atoms with Gasteiger partial charge in [-0.1, -0.05) is 38.3 Å². The monoisotopic (exact) mass is 317 g/mol. The van der Waals surface area contributed by atoms with Crippen LogP contribution < -0.4 is 5.32 Å². The first-order valence-electron chi connectivity index (χ1n) is 8.63. The topological polar surface area (TPSA) is 55.4 Å². The van der Waals surface area contributed by atoms with Gasteiger partial charge in [0.25, 0.3) is 0 Å². The maximum Gasteiger partial charge on any atom is 0.339 e. The maximum absolute atomic E-state index is 12.5. The lowest BCUT2D eigenvalue weighted by Crippen LogP contribution is -2.28. The summed E-state index contributed by atoms with van der Waals surface area (Å²) in [7, 11) is 1.35. The molecular weight excluding hydrogens is 290 g/mol. The predicted molar refractivity (Wildman–Crippen MR) is 91.4 cm³/mol. The number of para-hydroxylation sites is 1. The minimum absolute atomic E-state index is 0.0234. The number of carbonyl (C=O) groups excluding carboxylic acids is 2. The van der Waals surface area contributed by atoms with Gasteiger partial charge >= 0.3 is 5.97 Å². The molecule has 1 saturated carbocycles. The third-order valence-corrected chi connectivity index (χ3v) is 4.77. The van der Waals surface area contributed by atoms with Crippen LogP contribution in [0.5, 0.6) is 0 Å². The molecule has 1 aliphatic rings. The van der Waals surface area contributed by atoms with Gasteiger partial charge in [0, 0.05) is 5.92 Å². The third-order valence-electron chi connectivity index (χ3n) is 4.77. The number of rotatable bonds is 6. The molecule has 0 heterocycles. The molecule has 126 valence electrons. The van der Waals surface area contributed by atoms with E-state index in [0.29, 0.717) is 11.3 Å². The fraction of sp³-hybridized carbons (Fsp3) is 0.579. The number of carbonyl (C=O) groups is 2. The first-order valence-corrected chi connectivity index (χ1v) is 8.63. The summed E-state index contributed by atoms with van der Waals surface area (Å²) in [4.78, 5) is 24.3. The lowest BCUT2D eigenvalue weighted by Gasteiger charge is -2.27. The fourth-order valence-electron chi connectivity index (χ4n) is 3.32. The second-order valence-corrected chi connectivity index (χ2v) is 6.39. The van der Waals surface area contributed by atoms with E-state index in [1.165, 1.54) is 26.4 Å². The molecule has 4 heteroatoms. The Bertz CT molecular complexity index is 533. The van der Waals surface area contributed by atoms with Crippen molar-refractivity contribution in [2.75, 3.05) is 12.4 Å². The van der Waals surface area contributed by atoms with Crippen LogP contribution in [0.15, 0.2) is 24.3 Å². The van der Waals surface area contributed by atoms with E-state index in [0.717, 1.165) is 31.6 Å². The van der Waals surface area contributed by atoms with Gasteiger partial charge in [-0.3, -0.25) is 4.79 Å². The number of amides is 1. The van der Waals surface area contributed by atoms with Crippen molar-refractivity contribution in [2.45, 2.75) is 51.9 Å². The first kappa shape index (κ1) is 17.5. The van der Waals surface area contributed by atoms with Gasteiger partial charge in [-0.2, -0.15) is 0 Å². The van der Waals surface area contributed by atoms with Gasteiger partial charge in [0.05, 0.1) is 18.4 Å². The van der Waals surface area contributed by atoms with Gasteiger partial charge in [-0.15, -0.1) is 0 Å². The molecule has 0 saturated heterocycles. The van der Waals surface area contributed by atoms with E-state index in [1.807, 2.05) is 6.07 Å². The Labute approximate surface area is 138 Å². The molecule has 0 bridgehead atoms. The standard InChI is InChI=1S/C19H27NO3/c1-3-4-7-14-10-12-15(13-11-14)18(21)20-17-9-6-5-8-16(17)19(22)23-2/h5-6,8-9,14-15H,3-4,7,10-13H2,1-2H3,(H,20,21). The van der Waals surface area contributed by atoms with E-state index in [9.17, 15) is 9.59 Å². The van der Waals surface area contributed by atoms with Crippen molar-refractivity contribution in [3.63, 3.8) is 0 Å². The number of nitrogens with one attached hydrogen (secondary N) is 1. The predicted octanol–water partition coefficient (Wildman–Crippen LogP) is 4.41. The number of hydrogen-bond acceptors (Lipinski definition) is 3. The van der Waals surface area contributed by atoms with Gasteiger partial charge in [0.1, 0.15) is 0 Å². The number of ether oxygens (including phenoxy) is 1. The average Bonchev–Trinajstić information content (AvgIpc) is 2.60. The molecule has 0 atom stereocenters. The van der Waals surface area contributed by atoms with Gasteiger partial charge in [-0.05, 0) is 43.7 Å². The number of unbranched alkanes of at least 4 members (excludes halogenated alkanes) is 1. The van der Waals surface area contributed by atoms with Crippen LogP contribution in [0.2, 0.25) is 0 Å². The summed E-state index contributed by atoms with van der Waals surface area (Å²) < 4.78 is 4.77. The molecular formula is C19H27NO3. The zero-order valence-electron chi connectivity index (χ0n) is 14.1. The highest BCUT2D eigenvalue weighted by Gasteiger charge is 2.26. The summed E-state index contributed by atoms with van der Waals surface area (Å²) in [5.41, 5.74) is 0.942. The largest absolute Gasteiger partial charge is 0.465 e. The van der Waals surface area contributed by atoms with E-state index in [-0.39, 0.29) is 11.8 Å². The van der Waals surface area contributed by atoms with Crippen LogP contribution in [0.1, 0.15) is 62.2 Å².